The van der Waals surface area contributed by atoms with Crippen LogP contribution in [0.15, 0.2) is 12.4 Å². The molecule has 0 amide bonds. The average molecular weight is 186 g/mol. The van der Waals surface area contributed by atoms with Crippen molar-refractivity contribution >= 4 is 11.6 Å². The molecule has 12 heavy (non-hydrogen) atoms. The summed E-state index contributed by atoms with van der Waals surface area (Å²) in [6.45, 7) is 4.82. The normalized spacial score (nSPS) is 10.7. The van der Waals surface area contributed by atoms with Gasteiger partial charge in [0.15, 0.2) is 5.15 Å². The van der Waals surface area contributed by atoms with Crippen molar-refractivity contribution in [2.24, 2.45) is 0 Å². The Balaban J connectivity index is 2.57. The fourth-order valence-corrected chi connectivity index (χ4v) is 0.941. The van der Waals surface area contributed by atoms with E-state index in [9.17, 15) is 0 Å². The first-order valence-corrected chi connectivity index (χ1v) is 4.26. The van der Waals surface area contributed by atoms with Gasteiger partial charge in [0.1, 0.15) is 0 Å². The van der Waals surface area contributed by atoms with E-state index in [2.05, 4.69) is 29.1 Å². The molecule has 1 N–H and O–H groups in total. The molecule has 1 aromatic heterocycles. The lowest BCUT2D eigenvalue weighted by Gasteiger charge is -2.07. The quantitative estimate of drug-likeness (QED) is 0.778. The van der Waals surface area contributed by atoms with Crippen molar-refractivity contribution in [1.82, 2.24) is 15.3 Å². The molecule has 1 heterocycles. The predicted molar refractivity (Wildman–Crippen MR) is 49.0 cm³/mol. The minimum atomic E-state index is 0.433. The lowest BCUT2D eigenvalue weighted by atomic mass is 10.3. The predicted octanol–water partition coefficient (Wildman–Crippen LogP) is 1.63. The van der Waals surface area contributed by atoms with Gasteiger partial charge in [0.25, 0.3) is 0 Å². The van der Waals surface area contributed by atoms with Gasteiger partial charge < -0.3 is 5.32 Å². The maximum Gasteiger partial charge on any atom is 0.151 e. The Bertz CT molecular complexity index is 250. The SMILES string of the molecule is CC(C)NCc1nccnc1Cl. The molecule has 0 aliphatic rings. The van der Waals surface area contributed by atoms with Crippen molar-refractivity contribution in [2.75, 3.05) is 0 Å². The summed E-state index contributed by atoms with van der Waals surface area (Å²) in [6, 6.07) is 0.433. The van der Waals surface area contributed by atoms with E-state index >= 15 is 0 Å². The number of nitrogens with one attached hydrogen (secondary N) is 1. The summed E-state index contributed by atoms with van der Waals surface area (Å²) in [4.78, 5) is 8.01. The molecule has 0 spiro atoms. The molecule has 0 fully saturated rings. The monoisotopic (exact) mass is 185 g/mol. The summed E-state index contributed by atoms with van der Waals surface area (Å²) in [6.07, 6.45) is 3.23. The smallest absolute Gasteiger partial charge is 0.151 e. The summed E-state index contributed by atoms with van der Waals surface area (Å²) in [7, 11) is 0. The molecule has 1 aromatic rings. The zero-order chi connectivity index (χ0) is 8.97. The van der Waals surface area contributed by atoms with Crippen LogP contribution in [-0.2, 0) is 6.54 Å². The van der Waals surface area contributed by atoms with Gasteiger partial charge in [0.05, 0.1) is 5.69 Å². The molecule has 0 saturated carbocycles. The van der Waals surface area contributed by atoms with E-state index in [0.717, 1.165) is 5.69 Å². The van der Waals surface area contributed by atoms with Crippen LogP contribution in [0.4, 0.5) is 0 Å². The van der Waals surface area contributed by atoms with E-state index in [1.54, 1.807) is 12.4 Å². The van der Waals surface area contributed by atoms with Gasteiger partial charge in [-0.3, -0.25) is 4.98 Å². The van der Waals surface area contributed by atoms with Gasteiger partial charge in [0, 0.05) is 25.0 Å². The Kier molecular flexibility index (Phi) is 3.44. The highest BCUT2D eigenvalue weighted by molar-refractivity contribution is 6.29. The highest BCUT2D eigenvalue weighted by Crippen LogP contribution is 2.07. The molecule has 4 heteroatoms. The second kappa shape index (κ2) is 4.38. The molecule has 0 bridgehead atoms. The maximum absolute atomic E-state index is 5.79. The zero-order valence-corrected chi connectivity index (χ0v) is 7.97. The van der Waals surface area contributed by atoms with Gasteiger partial charge in [0.2, 0.25) is 0 Å². The van der Waals surface area contributed by atoms with Crippen LogP contribution in [0.1, 0.15) is 19.5 Å². The Labute approximate surface area is 77.2 Å². The van der Waals surface area contributed by atoms with Gasteiger partial charge in [-0.05, 0) is 0 Å². The van der Waals surface area contributed by atoms with E-state index in [-0.39, 0.29) is 0 Å². The van der Waals surface area contributed by atoms with E-state index in [1.165, 1.54) is 0 Å². The molecule has 1 rings (SSSR count). The molecule has 0 radical (unpaired) electrons. The summed E-state index contributed by atoms with van der Waals surface area (Å²) < 4.78 is 0. The first kappa shape index (κ1) is 9.42. The number of halogens is 1. The van der Waals surface area contributed by atoms with Crippen molar-refractivity contribution in [3.8, 4) is 0 Å². The Morgan fingerprint density at radius 3 is 2.67 bits per heavy atom. The standard InChI is InChI=1S/C8H12ClN3/c1-6(2)12-5-7-8(9)11-4-3-10-7/h3-4,6,12H,5H2,1-2H3. The Hall–Kier alpha value is -0.670. The van der Waals surface area contributed by atoms with E-state index in [4.69, 9.17) is 11.6 Å². The third-order valence-electron chi connectivity index (χ3n) is 1.40. The maximum atomic E-state index is 5.79. The van der Waals surface area contributed by atoms with E-state index in [1.807, 2.05) is 0 Å². The van der Waals surface area contributed by atoms with Crippen LogP contribution in [0.3, 0.4) is 0 Å². The van der Waals surface area contributed by atoms with Crippen LogP contribution in [0.2, 0.25) is 5.15 Å². The number of rotatable bonds is 3. The lowest BCUT2D eigenvalue weighted by Crippen LogP contribution is -2.22. The second-order valence-electron chi connectivity index (χ2n) is 2.83. The highest BCUT2D eigenvalue weighted by atomic mass is 35.5. The fraction of sp³-hybridized carbons (Fsp3) is 0.500. The molecular formula is C8H12ClN3. The molecule has 0 aliphatic carbocycles. The minimum absolute atomic E-state index is 0.433. The van der Waals surface area contributed by atoms with Crippen LogP contribution < -0.4 is 5.32 Å². The van der Waals surface area contributed by atoms with Crippen LogP contribution in [0.5, 0.6) is 0 Å². The molecule has 0 atom stereocenters. The summed E-state index contributed by atoms with van der Waals surface area (Å²) in [5.74, 6) is 0. The van der Waals surface area contributed by atoms with Crippen molar-refractivity contribution in [1.29, 1.82) is 0 Å². The number of hydrogen-bond donors (Lipinski definition) is 1. The van der Waals surface area contributed by atoms with Crippen molar-refractivity contribution in [2.45, 2.75) is 26.4 Å². The van der Waals surface area contributed by atoms with Crippen LogP contribution in [-0.4, -0.2) is 16.0 Å². The molecule has 3 nitrogen and oxygen atoms in total. The van der Waals surface area contributed by atoms with Gasteiger partial charge in [-0.15, -0.1) is 0 Å². The first-order chi connectivity index (χ1) is 5.70. The van der Waals surface area contributed by atoms with Gasteiger partial charge in [-0.25, -0.2) is 4.98 Å². The van der Waals surface area contributed by atoms with Crippen molar-refractivity contribution in [3.05, 3.63) is 23.2 Å². The van der Waals surface area contributed by atoms with E-state index in [0.29, 0.717) is 17.7 Å². The molecule has 0 saturated heterocycles. The fourth-order valence-electron chi connectivity index (χ4n) is 0.769. The van der Waals surface area contributed by atoms with Crippen LogP contribution >= 0.6 is 11.6 Å². The van der Waals surface area contributed by atoms with E-state index < -0.39 is 0 Å². The average Bonchev–Trinajstić information content (AvgIpc) is 2.03. The lowest BCUT2D eigenvalue weighted by molar-refractivity contribution is 0.580. The molecule has 0 aliphatic heterocycles. The largest absolute Gasteiger partial charge is 0.309 e. The summed E-state index contributed by atoms with van der Waals surface area (Å²) in [5.41, 5.74) is 0.799. The third kappa shape index (κ3) is 2.75. The number of hydrogen-bond acceptors (Lipinski definition) is 3. The zero-order valence-electron chi connectivity index (χ0n) is 7.21. The third-order valence-corrected chi connectivity index (χ3v) is 1.72. The van der Waals surface area contributed by atoms with Crippen LogP contribution in [0.25, 0.3) is 0 Å². The minimum Gasteiger partial charge on any atom is -0.309 e. The van der Waals surface area contributed by atoms with Crippen molar-refractivity contribution in [3.63, 3.8) is 0 Å². The Morgan fingerprint density at radius 2 is 2.08 bits per heavy atom. The second-order valence-corrected chi connectivity index (χ2v) is 3.19. The molecule has 66 valence electrons. The molecular weight excluding hydrogens is 174 g/mol. The van der Waals surface area contributed by atoms with Gasteiger partial charge >= 0.3 is 0 Å². The van der Waals surface area contributed by atoms with Crippen LogP contribution in [0, 0.1) is 0 Å². The van der Waals surface area contributed by atoms with Gasteiger partial charge in [-0.1, -0.05) is 25.4 Å². The first-order valence-electron chi connectivity index (χ1n) is 3.89. The number of nitrogens with zero attached hydrogens (tertiary/aromatic N) is 2. The number of aromatic nitrogens is 2. The summed E-state index contributed by atoms with van der Waals surface area (Å²) in [5, 5.41) is 3.69. The van der Waals surface area contributed by atoms with Gasteiger partial charge in [-0.2, -0.15) is 0 Å². The van der Waals surface area contributed by atoms with Crippen molar-refractivity contribution < 1.29 is 0 Å². The summed E-state index contributed by atoms with van der Waals surface area (Å²) >= 11 is 5.79. The topological polar surface area (TPSA) is 37.8 Å². The Morgan fingerprint density at radius 1 is 1.42 bits per heavy atom. The molecule has 0 aromatic carbocycles. The highest BCUT2D eigenvalue weighted by Gasteiger charge is 2.01. The molecule has 0 unspecified atom stereocenters.